The Morgan fingerprint density at radius 3 is 2.42 bits per heavy atom. The van der Waals surface area contributed by atoms with Crippen LogP contribution in [0.3, 0.4) is 0 Å². The highest BCUT2D eigenvalue weighted by molar-refractivity contribution is 9.10. The molecule has 0 aromatic heterocycles. The number of hydrogen-bond acceptors (Lipinski definition) is 1. The van der Waals surface area contributed by atoms with Crippen molar-refractivity contribution in [2.45, 2.75) is 25.9 Å². The maximum absolute atomic E-state index is 9.60. The minimum absolute atomic E-state index is 0.303. The molecule has 66 valence electrons. The minimum atomic E-state index is -0.303. The second kappa shape index (κ2) is 4.63. The predicted octanol–water partition coefficient (Wildman–Crippen LogP) is 3.28. The molecule has 1 nitrogen and oxygen atoms in total. The van der Waals surface area contributed by atoms with E-state index in [1.54, 1.807) is 0 Å². The second-order valence-corrected chi connectivity index (χ2v) is 3.77. The van der Waals surface area contributed by atoms with E-state index in [2.05, 4.69) is 22.9 Å². The Hall–Kier alpha value is -0.340. The Morgan fingerprint density at radius 1 is 1.33 bits per heavy atom. The molecule has 0 aliphatic carbocycles. The summed E-state index contributed by atoms with van der Waals surface area (Å²) < 4.78 is 1.05. The third-order valence-corrected chi connectivity index (χ3v) is 2.35. The lowest BCUT2D eigenvalue weighted by Crippen LogP contribution is -1.95. The van der Waals surface area contributed by atoms with Crippen LogP contribution in [-0.2, 0) is 0 Å². The van der Waals surface area contributed by atoms with Crippen LogP contribution in [0.4, 0.5) is 0 Å². The summed E-state index contributed by atoms with van der Waals surface area (Å²) in [6.45, 7) is 2.07. The topological polar surface area (TPSA) is 20.2 Å². The van der Waals surface area contributed by atoms with Crippen LogP contribution in [-0.4, -0.2) is 5.11 Å². The first-order valence-electron chi connectivity index (χ1n) is 4.17. The monoisotopic (exact) mass is 228 g/mol. The van der Waals surface area contributed by atoms with Crippen molar-refractivity contribution in [3.63, 3.8) is 0 Å². The Morgan fingerprint density at radius 2 is 1.92 bits per heavy atom. The van der Waals surface area contributed by atoms with Gasteiger partial charge in [0.05, 0.1) is 6.10 Å². The lowest BCUT2D eigenvalue weighted by Gasteiger charge is -2.08. The van der Waals surface area contributed by atoms with E-state index in [4.69, 9.17) is 0 Å². The van der Waals surface area contributed by atoms with Crippen LogP contribution in [0.2, 0.25) is 0 Å². The molecule has 1 N–H and O–H groups in total. The van der Waals surface area contributed by atoms with Gasteiger partial charge < -0.3 is 5.11 Å². The molecule has 0 spiro atoms. The number of aliphatic hydroxyl groups is 1. The van der Waals surface area contributed by atoms with E-state index >= 15 is 0 Å². The van der Waals surface area contributed by atoms with E-state index in [-0.39, 0.29) is 6.10 Å². The van der Waals surface area contributed by atoms with Crippen LogP contribution in [0.25, 0.3) is 0 Å². The Labute approximate surface area is 81.6 Å². The minimum Gasteiger partial charge on any atom is -0.388 e. The fourth-order valence-electron chi connectivity index (χ4n) is 1.13. The number of rotatable bonds is 3. The highest BCUT2D eigenvalue weighted by atomic mass is 79.9. The van der Waals surface area contributed by atoms with Gasteiger partial charge in [-0.15, -0.1) is 0 Å². The summed E-state index contributed by atoms with van der Waals surface area (Å²) in [6.07, 6.45) is 1.54. The fourth-order valence-corrected chi connectivity index (χ4v) is 1.39. The first-order valence-corrected chi connectivity index (χ1v) is 4.97. The van der Waals surface area contributed by atoms with Crippen LogP contribution < -0.4 is 0 Å². The number of hydrogen-bond donors (Lipinski definition) is 1. The van der Waals surface area contributed by atoms with Crippen molar-refractivity contribution in [2.24, 2.45) is 0 Å². The third kappa shape index (κ3) is 2.61. The average molecular weight is 229 g/mol. The van der Waals surface area contributed by atoms with Crippen molar-refractivity contribution in [3.05, 3.63) is 34.3 Å². The summed E-state index contributed by atoms with van der Waals surface area (Å²) >= 11 is 3.35. The molecular weight excluding hydrogens is 216 g/mol. The molecule has 1 unspecified atom stereocenters. The van der Waals surface area contributed by atoms with Gasteiger partial charge in [0, 0.05) is 4.47 Å². The van der Waals surface area contributed by atoms with Crippen molar-refractivity contribution in [3.8, 4) is 0 Å². The summed E-state index contributed by atoms with van der Waals surface area (Å²) in [7, 11) is 0. The largest absolute Gasteiger partial charge is 0.388 e. The SMILES string of the molecule is CCCC(O)c1ccc(Br)cc1. The van der Waals surface area contributed by atoms with Crippen molar-refractivity contribution >= 4 is 15.9 Å². The van der Waals surface area contributed by atoms with Gasteiger partial charge in [0.15, 0.2) is 0 Å². The number of halogens is 1. The Kier molecular flexibility index (Phi) is 3.76. The van der Waals surface area contributed by atoms with Gasteiger partial charge in [-0.1, -0.05) is 41.4 Å². The van der Waals surface area contributed by atoms with E-state index in [1.807, 2.05) is 24.3 Å². The molecule has 1 aromatic carbocycles. The molecule has 0 bridgehead atoms. The zero-order valence-electron chi connectivity index (χ0n) is 7.13. The zero-order valence-corrected chi connectivity index (χ0v) is 8.71. The lowest BCUT2D eigenvalue weighted by molar-refractivity contribution is 0.166. The van der Waals surface area contributed by atoms with Gasteiger partial charge in [-0.25, -0.2) is 0 Å². The lowest BCUT2D eigenvalue weighted by atomic mass is 10.1. The van der Waals surface area contributed by atoms with Gasteiger partial charge in [-0.2, -0.15) is 0 Å². The third-order valence-electron chi connectivity index (χ3n) is 1.82. The van der Waals surface area contributed by atoms with Gasteiger partial charge in [0.2, 0.25) is 0 Å². The number of benzene rings is 1. The molecule has 1 atom stereocenters. The molecule has 0 amide bonds. The van der Waals surface area contributed by atoms with E-state index in [1.165, 1.54) is 0 Å². The van der Waals surface area contributed by atoms with E-state index in [9.17, 15) is 5.11 Å². The maximum Gasteiger partial charge on any atom is 0.0790 e. The normalized spacial score (nSPS) is 12.9. The summed E-state index contributed by atoms with van der Waals surface area (Å²) in [5.41, 5.74) is 1.00. The van der Waals surface area contributed by atoms with Crippen molar-refractivity contribution in [1.82, 2.24) is 0 Å². The smallest absolute Gasteiger partial charge is 0.0790 e. The molecule has 0 heterocycles. The molecule has 1 rings (SSSR count). The van der Waals surface area contributed by atoms with Gasteiger partial charge in [-0.05, 0) is 24.1 Å². The molecule has 0 aliphatic heterocycles. The van der Waals surface area contributed by atoms with Crippen LogP contribution >= 0.6 is 15.9 Å². The number of aliphatic hydroxyl groups excluding tert-OH is 1. The summed E-state index contributed by atoms with van der Waals surface area (Å²) in [6, 6.07) is 7.80. The van der Waals surface area contributed by atoms with Crippen LogP contribution in [0.15, 0.2) is 28.7 Å². The van der Waals surface area contributed by atoms with E-state index < -0.39 is 0 Å². The summed E-state index contributed by atoms with van der Waals surface area (Å²) in [4.78, 5) is 0. The standard InChI is InChI=1S/C10H13BrO/c1-2-3-10(12)8-4-6-9(11)7-5-8/h4-7,10,12H,2-3H2,1H3. The first-order chi connectivity index (χ1) is 5.74. The molecule has 0 radical (unpaired) electrons. The van der Waals surface area contributed by atoms with Crippen molar-refractivity contribution in [2.75, 3.05) is 0 Å². The highest BCUT2D eigenvalue weighted by Gasteiger charge is 2.04. The Balaban J connectivity index is 2.68. The molecule has 0 saturated carbocycles. The molecule has 2 heteroatoms. The van der Waals surface area contributed by atoms with Gasteiger partial charge in [0.25, 0.3) is 0 Å². The summed E-state index contributed by atoms with van der Waals surface area (Å²) in [5.74, 6) is 0. The van der Waals surface area contributed by atoms with E-state index in [0.29, 0.717) is 0 Å². The summed E-state index contributed by atoms with van der Waals surface area (Å²) in [5, 5.41) is 9.60. The van der Waals surface area contributed by atoms with Crippen LogP contribution in [0.5, 0.6) is 0 Å². The van der Waals surface area contributed by atoms with Crippen molar-refractivity contribution in [1.29, 1.82) is 0 Å². The zero-order chi connectivity index (χ0) is 8.97. The Bertz CT molecular complexity index is 230. The van der Waals surface area contributed by atoms with Crippen LogP contribution in [0.1, 0.15) is 31.4 Å². The first kappa shape index (κ1) is 9.75. The maximum atomic E-state index is 9.60. The van der Waals surface area contributed by atoms with Gasteiger partial charge in [0.1, 0.15) is 0 Å². The molecule has 0 aliphatic rings. The van der Waals surface area contributed by atoms with Gasteiger partial charge >= 0.3 is 0 Å². The molecule has 0 fully saturated rings. The molecule has 12 heavy (non-hydrogen) atoms. The second-order valence-electron chi connectivity index (χ2n) is 2.86. The molecular formula is C10H13BrO. The highest BCUT2D eigenvalue weighted by Crippen LogP contribution is 2.20. The van der Waals surface area contributed by atoms with E-state index in [0.717, 1.165) is 22.9 Å². The van der Waals surface area contributed by atoms with Crippen molar-refractivity contribution < 1.29 is 5.11 Å². The fraction of sp³-hybridized carbons (Fsp3) is 0.400. The predicted molar refractivity (Wildman–Crippen MR) is 54.0 cm³/mol. The average Bonchev–Trinajstić information content (AvgIpc) is 2.06. The quantitative estimate of drug-likeness (QED) is 0.843. The molecule has 0 saturated heterocycles. The van der Waals surface area contributed by atoms with Crippen LogP contribution in [0, 0.1) is 0 Å². The molecule has 1 aromatic rings. The van der Waals surface area contributed by atoms with Gasteiger partial charge in [-0.3, -0.25) is 0 Å².